The van der Waals surface area contributed by atoms with Crippen molar-refractivity contribution in [2.24, 2.45) is 5.92 Å². The zero-order valence-electron chi connectivity index (χ0n) is 15.9. The van der Waals surface area contributed by atoms with Crippen molar-refractivity contribution in [3.05, 3.63) is 58.2 Å². The number of benzene rings is 1. The maximum atomic E-state index is 13.2. The minimum Gasteiger partial charge on any atom is -0.348 e. The molecule has 1 aromatic heterocycles. The summed E-state index contributed by atoms with van der Waals surface area (Å²) in [6, 6.07) is 8.05. The fraction of sp³-hybridized carbons (Fsp3) is 0.333. The molecule has 5 heteroatoms. The lowest BCUT2D eigenvalue weighted by Gasteiger charge is -2.12. The number of carbonyl (C=O) groups is 1. The van der Waals surface area contributed by atoms with Crippen molar-refractivity contribution >= 4 is 17.7 Å². The lowest BCUT2D eigenvalue weighted by atomic mass is 10.1. The number of hydrogen-bond donors (Lipinski definition) is 1. The quantitative estimate of drug-likeness (QED) is 0.623. The number of aromatic nitrogens is 1. The summed E-state index contributed by atoms with van der Waals surface area (Å²) in [5.74, 6) is -0.373. The molecule has 0 fully saturated rings. The summed E-state index contributed by atoms with van der Waals surface area (Å²) in [4.78, 5) is 12.5. The Hall–Kier alpha value is -2.87. The molecule has 2 rings (SSSR count). The van der Waals surface area contributed by atoms with Crippen molar-refractivity contribution in [1.29, 1.82) is 5.26 Å². The first-order chi connectivity index (χ1) is 12.2. The topological polar surface area (TPSA) is 57.8 Å². The summed E-state index contributed by atoms with van der Waals surface area (Å²) < 4.78 is 15.4. The molecule has 0 unspecified atom stereocenters. The zero-order chi connectivity index (χ0) is 19.4. The molecule has 0 atom stereocenters. The number of aryl methyl sites for hydroxylation is 2. The van der Waals surface area contributed by atoms with E-state index in [1.165, 1.54) is 18.2 Å². The van der Waals surface area contributed by atoms with Gasteiger partial charge in [0.2, 0.25) is 0 Å². The van der Waals surface area contributed by atoms with Gasteiger partial charge in [-0.2, -0.15) is 5.26 Å². The third-order valence-corrected chi connectivity index (χ3v) is 4.26. The van der Waals surface area contributed by atoms with Crippen LogP contribution in [0.15, 0.2) is 29.8 Å². The number of nitrogens with one attached hydrogen (secondary N) is 1. The Morgan fingerprint density at radius 3 is 2.58 bits per heavy atom. The van der Waals surface area contributed by atoms with Crippen LogP contribution in [0.2, 0.25) is 0 Å². The molecule has 0 aliphatic carbocycles. The van der Waals surface area contributed by atoms with E-state index in [1.807, 2.05) is 26.0 Å². The van der Waals surface area contributed by atoms with Gasteiger partial charge in [-0.3, -0.25) is 4.79 Å². The molecule has 0 radical (unpaired) electrons. The molecule has 1 heterocycles. The van der Waals surface area contributed by atoms with Crippen molar-refractivity contribution < 1.29 is 9.18 Å². The summed E-state index contributed by atoms with van der Waals surface area (Å²) in [6.45, 7) is 10.9. The summed E-state index contributed by atoms with van der Waals surface area (Å²) in [6.07, 6.45) is 1.60. The third kappa shape index (κ3) is 4.40. The molecule has 1 aromatic carbocycles. The highest BCUT2D eigenvalue weighted by Gasteiger charge is 2.14. The second kappa shape index (κ2) is 8.01. The molecule has 0 saturated heterocycles. The number of nitrogens with zero attached hydrogens (tertiary/aromatic N) is 2. The summed E-state index contributed by atoms with van der Waals surface area (Å²) in [5.41, 5.74) is 4.07. The number of anilines is 1. The molecule has 1 amide bonds. The van der Waals surface area contributed by atoms with Crippen LogP contribution in [0.1, 0.15) is 36.4 Å². The molecule has 0 bridgehead atoms. The van der Waals surface area contributed by atoms with Gasteiger partial charge in [0, 0.05) is 23.6 Å². The van der Waals surface area contributed by atoms with E-state index in [-0.39, 0.29) is 11.4 Å². The van der Waals surface area contributed by atoms with Gasteiger partial charge in [0.05, 0.1) is 0 Å². The first-order valence-electron chi connectivity index (χ1n) is 8.59. The molecule has 0 spiro atoms. The van der Waals surface area contributed by atoms with E-state index in [4.69, 9.17) is 0 Å². The van der Waals surface area contributed by atoms with Crippen molar-refractivity contribution in [3.63, 3.8) is 0 Å². The van der Waals surface area contributed by atoms with Gasteiger partial charge in [0.15, 0.2) is 0 Å². The average Bonchev–Trinajstić information content (AvgIpc) is 2.82. The van der Waals surface area contributed by atoms with Crippen LogP contribution in [-0.4, -0.2) is 10.5 Å². The van der Waals surface area contributed by atoms with Crippen LogP contribution in [0.4, 0.5) is 10.1 Å². The van der Waals surface area contributed by atoms with Crippen molar-refractivity contribution in [2.45, 2.75) is 41.2 Å². The van der Waals surface area contributed by atoms with Crippen LogP contribution in [0.5, 0.6) is 0 Å². The number of hydrogen-bond acceptors (Lipinski definition) is 2. The molecule has 0 aliphatic heterocycles. The first-order valence-corrected chi connectivity index (χ1v) is 8.59. The maximum absolute atomic E-state index is 13.2. The Labute approximate surface area is 154 Å². The summed E-state index contributed by atoms with van der Waals surface area (Å²) >= 11 is 0. The summed E-state index contributed by atoms with van der Waals surface area (Å²) in [7, 11) is 0. The van der Waals surface area contributed by atoms with Crippen LogP contribution in [0, 0.1) is 43.8 Å². The Kier molecular flexibility index (Phi) is 5.99. The van der Waals surface area contributed by atoms with Gasteiger partial charge < -0.3 is 9.88 Å². The van der Waals surface area contributed by atoms with E-state index in [2.05, 4.69) is 23.7 Å². The summed E-state index contributed by atoms with van der Waals surface area (Å²) in [5, 5.41) is 12.1. The molecule has 26 heavy (non-hydrogen) atoms. The van der Waals surface area contributed by atoms with E-state index >= 15 is 0 Å². The second-order valence-corrected chi connectivity index (χ2v) is 6.91. The number of nitriles is 1. The molecular weight excluding hydrogens is 329 g/mol. The van der Waals surface area contributed by atoms with E-state index < -0.39 is 5.91 Å². The number of amides is 1. The van der Waals surface area contributed by atoms with Gasteiger partial charge in [-0.25, -0.2) is 4.39 Å². The average molecular weight is 353 g/mol. The maximum Gasteiger partial charge on any atom is 0.266 e. The monoisotopic (exact) mass is 353 g/mol. The fourth-order valence-corrected chi connectivity index (χ4v) is 2.88. The lowest BCUT2D eigenvalue weighted by Crippen LogP contribution is -2.14. The number of carbonyl (C=O) groups excluding carboxylic acids is 1. The van der Waals surface area contributed by atoms with Crippen LogP contribution >= 0.6 is 0 Å². The van der Waals surface area contributed by atoms with Crippen LogP contribution in [0.25, 0.3) is 6.08 Å². The Morgan fingerprint density at radius 2 is 2.00 bits per heavy atom. The Balaban J connectivity index is 2.30. The molecule has 0 aliphatic rings. The van der Waals surface area contributed by atoms with Gasteiger partial charge in [-0.15, -0.1) is 0 Å². The SMILES string of the molecule is Cc1cc(F)ccc1NC(=O)/C(C#N)=C/c1cc(C)n(CC(C)C)c1C. The van der Waals surface area contributed by atoms with Gasteiger partial charge >= 0.3 is 0 Å². The van der Waals surface area contributed by atoms with Gasteiger partial charge in [-0.05, 0) is 68.2 Å². The predicted octanol–water partition coefficient (Wildman–Crippen LogP) is 4.75. The fourth-order valence-electron chi connectivity index (χ4n) is 2.88. The molecule has 4 nitrogen and oxygen atoms in total. The zero-order valence-corrected chi connectivity index (χ0v) is 15.9. The normalized spacial score (nSPS) is 11.5. The van der Waals surface area contributed by atoms with Crippen LogP contribution < -0.4 is 5.32 Å². The lowest BCUT2D eigenvalue weighted by molar-refractivity contribution is -0.112. The van der Waals surface area contributed by atoms with Crippen LogP contribution in [0.3, 0.4) is 0 Å². The smallest absolute Gasteiger partial charge is 0.266 e. The molecule has 0 saturated carbocycles. The van der Waals surface area contributed by atoms with Crippen LogP contribution in [-0.2, 0) is 11.3 Å². The molecule has 1 N–H and O–H groups in total. The number of rotatable bonds is 5. The molecular formula is C21H24FN3O. The highest BCUT2D eigenvalue weighted by atomic mass is 19.1. The van der Waals surface area contributed by atoms with Gasteiger partial charge in [0.25, 0.3) is 5.91 Å². The predicted molar refractivity (Wildman–Crippen MR) is 102 cm³/mol. The van der Waals surface area contributed by atoms with Crippen molar-refractivity contribution in [1.82, 2.24) is 4.57 Å². The molecule has 2 aromatic rings. The van der Waals surface area contributed by atoms with E-state index in [1.54, 1.807) is 13.0 Å². The minimum absolute atomic E-state index is 0.0125. The number of halogens is 1. The van der Waals surface area contributed by atoms with E-state index in [0.29, 0.717) is 17.2 Å². The van der Waals surface area contributed by atoms with Gasteiger partial charge in [0.1, 0.15) is 17.5 Å². The first kappa shape index (κ1) is 19.5. The van der Waals surface area contributed by atoms with Gasteiger partial charge in [-0.1, -0.05) is 13.8 Å². The second-order valence-electron chi connectivity index (χ2n) is 6.91. The van der Waals surface area contributed by atoms with E-state index in [0.717, 1.165) is 23.5 Å². The Bertz CT molecular complexity index is 901. The highest BCUT2D eigenvalue weighted by molar-refractivity contribution is 6.10. The van der Waals surface area contributed by atoms with E-state index in [9.17, 15) is 14.4 Å². The highest BCUT2D eigenvalue weighted by Crippen LogP contribution is 2.21. The minimum atomic E-state index is -0.504. The van der Waals surface area contributed by atoms with Crippen molar-refractivity contribution in [2.75, 3.05) is 5.32 Å². The molecule has 136 valence electrons. The van der Waals surface area contributed by atoms with Crippen molar-refractivity contribution in [3.8, 4) is 6.07 Å². The third-order valence-electron chi connectivity index (χ3n) is 4.26. The standard InChI is InChI=1S/C21H24FN3O/c1-13(2)12-25-15(4)9-17(16(25)5)10-18(11-23)21(26)24-20-7-6-19(22)8-14(20)3/h6-10,13H,12H2,1-5H3,(H,24,26)/b18-10+. The Morgan fingerprint density at radius 1 is 1.31 bits per heavy atom. The largest absolute Gasteiger partial charge is 0.348 e.